The number of rotatable bonds is 4. The van der Waals surface area contributed by atoms with E-state index in [4.69, 9.17) is 11.6 Å². The number of halogens is 1. The maximum Gasteiger partial charge on any atom is 0.263 e. The third-order valence-corrected chi connectivity index (χ3v) is 4.10. The summed E-state index contributed by atoms with van der Waals surface area (Å²) in [7, 11) is 0. The van der Waals surface area contributed by atoms with Gasteiger partial charge in [0.2, 0.25) is 0 Å². The zero-order chi connectivity index (χ0) is 15.0. The van der Waals surface area contributed by atoms with Gasteiger partial charge < -0.3 is 4.57 Å². The molecule has 1 aliphatic carbocycles. The molecule has 1 aliphatic rings. The number of nitrogens with zero attached hydrogens (tertiary/aromatic N) is 1. The van der Waals surface area contributed by atoms with Crippen molar-refractivity contribution in [3.63, 3.8) is 0 Å². The summed E-state index contributed by atoms with van der Waals surface area (Å²) >= 11 is 5.49. The summed E-state index contributed by atoms with van der Waals surface area (Å²) in [4.78, 5) is 23.8. The Bertz CT molecular complexity index is 742. The van der Waals surface area contributed by atoms with Gasteiger partial charge in [-0.05, 0) is 54.1 Å². The summed E-state index contributed by atoms with van der Waals surface area (Å²) < 4.78 is 1.72. The molecule has 2 aromatic rings. The molecule has 0 N–H and O–H groups in total. The Labute approximate surface area is 128 Å². The van der Waals surface area contributed by atoms with Crippen molar-refractivity contribution in [2.75, 3.05) is 0 Å². The van der Waals surface area contributed by atoms with Crippen LogP contribution < -0.4 is 5.56 Å². The molecular weight excluding hydrogens is 286 g/mol. The molecule has 1 fully saturated rings. The number of pyridine rings is 1. The highest BCUT2D eigenvalue weighted by Crippen LogP contribution is 2.37. The summed E-state index contributed by atoms with van der Waals surface area (Å²) in [6, 6.07) is 11.7. The predicted octanol–water partition coefficient (Wildman–Crippen LogP) is 3.79. The fourth-order valence-electron chi connectivity index (χ4n) is 2.54. The first-order valence-electron chi connectivity index (χ1n) is 7.16. The van der Waals surface area contributed by atoms with Crippen molar-refractivity contribution in [1.82, 2.24) is 4.57 Å². The van der Waals surface area contributed by atoms with Crippen LogP contribution in [0.15, 0.2) is 41.2 Å². The first kappa shape index (κ1) is 14.1. The lowest BCUT2D eigenvalue weighted by Crippen LogP contribution is -2.25. The van der Waals surface area contributed by atoms with Crippen LogP contribution in [-0.4, -0.2) is 9.81 Å². The molecule has 0 spiro atoms. The number of aromatic nitrogens is 1. The molecule has 3 rings (SSSR count). The summed E-state index contributed by atoms with van der Waals surface area (Å²) in [5.41, 5.74) is 2.87. The van der Waals surface area contributed by atoms with Gasteiger partial charge in [0, 0.05) is 6.04 Å². The van der Waals surface area contributed by atoms with Crippen LogP contribution in [-0.2, 0) is 6.42 Å². The van der Waals surface area contributed by atoms with Gasteiger partial charge in [-0.3, -0.25) is 9.59 Å². The molecule has 21 heavy (non-hydrogen) atoms. The largest absolute Gasteiger partial charge is 0.305 e. The number of hydrogen-bond acceptors (Lipinski definition) is 2. The lowest BCUT2D eigenvalue weighted by molar-refractivity contribution is 0.107. The first-order chi connectivity index (χ1) is 10.1. The molecule has 0 radical (unpaired) electrons. The van der Waals surface area contributed by atoms with E-state index in [2.05, 4.69) is 19.1 Å². The van der Waals surface area contributed by atoms with Crippen molar-refractivity contribution in [2.45, 2.75) is 32.2 Å². The van der Waals surface area contributed by atoms with Gasteiger partial charge in [-0.15, -0.1) is 0 Å². The lowest BCUT2D eigenvalue weighted by atomic mass is 10.1. The molecule has 1 aromatic heterocycles. The Morgan fingerprint density at radius 3 is 2.38 bits per heavy atom. The summed E-state index contributed by atoms with van der Waals surface area (Å²) in [6.45, 7) is 2.11. The summed E-state index contributed by atoms with van der Waals surface area (Å²) in [5, 5.41) is -0.692. The Hall–Kier alpha value is -1.87. The Morgan fingerprint density at radius 1 is 1.19 bits per heavy atom. The second-order valence-electron chi connectivity index (χ2n) is 5.36. The molecular formula is C17H16ClNO2. The van der Waals surface area contributed by atoms with Crippen LogP contribution in [0.4, 0.5) is 0 Å². The molecule has 1 saturated carbocycles. The molecule has 3 nitrogen and oxygen atoms in total. The highest BCUT2D eigenvalue weighted by molar-refractivity contribution is 6.67. The normalized spacial score (nSPS) is 14.2. The lowest BCUT2D eigenvalue weighted by Gasteiger charge is -2.13. The van der Waals surface area contributed by atoms with Crippen molar-refractivity contribution in [3.8, 4) is 11.3 Å². The molecule has 0 saturated heterocycles. The van der Waals surface area contributed by atoms with Crippen LogP contribution in [0.2, 0.25) is 0 Å². The van der Waals surface area contributed by atoms with Gasteiger partial charge in [0.15, 0.2) is 0 Å². The summed E-state index contributed by atoms with van der Waals surface area (Å²) in [5.74, 6) is 0. The second-order valence-corrected chi connectivity index (χ2v) is 5.71. The fourth-order valence-corrected chi connectivity index (χ4v) is 2.69. The standard InChI is InChI=1S/C17H16ClNO2/c1-2-11-3-5-12(6-4-11)15-10-9-14(16(18)20)17(21)19(15)13-7-8-13/h3-6,9-10,13H,2,7-8H2,1H3. The third kappa shape index (κ3) is 2.66. The van der Waals surface area contributed by atoms with E-state index >= 15 is 0 Å². The maximum absolute atomic E-state index is 12.5. The molecule has 0 atom stereocenters. The van der Waals surface area contributed by atoms with Gasteiger partial charge in [-0.1, -0.05) is 31.2 Å². The van der Waals surface area contributed by atoms with Crippen LogP contribution in [0.1, 0.15) is 41.7 Å². The monoisotopic (exact) mass is 301 g/mol. The SMILES string of the molecule is CCc1ccc(-c2ccc(C(=O)Cl)c(=O)n2C2CC2)cc1. The predicted molar refractivity (Wildman–Crippen MR) is 84.0 cm³/mol. The molecule has 0 bridgehead atoms. The Kier molecular flexibility index (Phi) is 3.68. The Morgan fingerprint density at radius 2 is 1.86 bits per heavy atom. The van der Waals surface area contributed by atoms with E-state index < -0.39 is 5.24 Å². The van der Waals surface area contributed by atoms with Crippen LogP contribution in [0, 0.1) is 0 Å². The molecule has 108 valence electrons. The molecule has 1 aromatic carbocycles. The van der Waals surface area contributed by atoms with Crippen molar-refractivity contribution in [1.29, 1.82) is 0 Å². The van der Waals surface area contributed by atoms with E-state index in [0.717, 1.165) is 30.5 Å². The average Bonchev–Trinajstić information content (AvgIpc) is 3.31. The van der Waals surface area contributed by atoms with Gasteiger partial charge >= 0.3 is 0 Å². The van der Waals surface area contributed by atoms with E-state index in [1.807, 2.05) is 18.2 Å². The first-order valence-corrected chi connectivity index (χ1v) is 7.54. The molecule has 0 unspecified atom stereocenters. The zero-order valence-electron chi connectivity index (χ0n) is 11.8. The molecule has 0 aliphatic heterocycles. The van der Waals surface area contributed by atoms with Gasteiger partial charge in [0.05, 0.1) is 11.3 Å². The minimum atomic E-state index is -0.692. The van der Waals surface area contributed by atoms with E-state index in [0.29, 0.717) is 0 Å². The molecule has 4 heteroatoms. The quantitative estimate of drug-likeness (QED) is 0.806. The smallest absolute Gasteiger partial charge is 0.263 e. The number of carbonyl (C=O) groups is 1. The molecule has 0 amide bonds. The topological polar surface area (TPSA) is 39.1 Å². The fraction of sp³-hybridized carbons (Fsp3) is 0.294. The van der Waals surface area contributed by atoms with Gasteiger partial charge in [0.1, 0.15) is 0 Å². The van der Waals surface area contributed by atoms with Crippen LogP contribution in [0.25, 0.3) is 11.3 Å². The Balaban J connectivity index is 2.15. The van der Waals surface area contributed by atoms with Gasteiger partial charge in [-0.25, -0.2) is 0 Å². The van der Waals surface area contributed by atoms with E-state index in [1.165, 1.54) is 11.6 Å². The second kappa shape index (κ2) is 5.49. The number of carbonyl (C=O) groups excluding carboxylic acids is 1. The summed E-state index contributed by atoms with van der Waals surface area (Å²) in [6.07, 6.45) is 2.93. The van der Waals surface area contributed by atoms with Gasteiger partial charge in [0.25, 0.3) is 10.8 Å². The van der Waals surface area contributed by atoms with Crippen LogP contribution in [0.5, 0.6) is 0 Å². The van der Waals surface area contributed by atoms with Crippen molar-refractivity contribution in [2.24, 2.45) is 0 Å². The average molecular weight is 302 g/mol. The van der Waals surface area contributed by atoms with Crippen molar-refractivity contribution < 1.29 is 4.79 Å². The van der Waals surface area contributed by atoms with Crippen LogP contribution in [0.3, 0.4) is 0 Å². The molecule has 1 heterocycles. The van der Waals surface area contributed by atoms with E-state index in [9.17, 15) is 9.59 Å². The van der Waals surface area contributed by atoms with E-state index in [-0.39, 0.29) is 17.2 Å². The van der Waals surface area contributed by atoms with Crippen molar-refractivity contribution >= 4 is 16.8 Å². The minimum absolute atomic E-state index is 0.0532. The number of benzene rings is 1. The number of hydrogen-bond donors (Lipinski definition) is 0. The minimum Gasteiger partial charge on any atom is -0.305 e. The third-order valence-electron chi connectivity index (χ3n) is 3.90. The van der Waals surface area contributed by atoms with Crippen LogP contribution >= 0.6 is 11.6 Å². The van der Waals surface area contributed by atoms with Gasteiger partial charge in [-0.2, -0.15) is 0 Å². The van der Waals surface area contributed by atoms with E-state index in [1.54, 1.807) is 4.57 Å². The maximum atomic E-state index is 12.5. The van der Waals surface area contributed by atoms with Crippen molar-refractivity contribution in [3.05, 3.63) is 57.9 Å². The highest BCUT2D eigenvalue weighted by atomic mass is 35.5. The number of aryl methyl sites for hydroxylation is 1. The zero-order valence-corrected chi connectivity index (χ0v) is 12.6. The highest BCUT2D eigenvalue weighted by Gasteiger charge is 2.28.